The second-order valence-electron chi connectivity index (χ2n) is 7.62. The van der Waals surface area contributed by atoms with Gasteiger partial charge in [0.1, 0.15) is 11.8 Å². The van der Waals surface area contributed by atoms with Crippen LogP contribution in [0.5, 0.6) is 0 Å². The molecule has 0 radical (unpaired) electrons. The van der Waals surface area contributed by atoms with Gasteiger partial charge in [-0.3, -0.25) is 15.1 Å². The van der Waals surface area contributed by atoms with Crippen LogP contribution in [0.4, 0.5) is 21.5 Å². The predicted molar refractivity (Wildman–Crippen MR) is 137 cm³/mol. The van der Waals surface area contributed by atoms with Crippen LogP contribution in [-0.2, 0) is 0 Å². The molecule has 3 N–H and O–H groups in total. The minimum atomic E-state index is -0.749. The first kappa shape index (κ1) is 23.8. The zero-order valence-electron chi connectivity index (χ0n) is 18.1. The summed E-state index contributed by atoms with van der Waals surface area (Å²) in [6, 6.07) is 11.7. The van der Waals surface area contributed by atoms with E-state index in [1.807, 2.05) is 12.1 Å². The SMILES string of the molecule is N#Cc1cnc2c(Cl)cc(N[C@@H](c3cccnc3)c3c[nH]nn3)cc2c1Nc1ccc(Cl)c(Cl)c1F. The number of hydrogen-bond acceptors (Lipinski definition) is 7. The van der Waals surface area contributed by atoms with Gasteiger partial charge in [-0.05, 0) is 35.9 Å². The molecule has 0 unspecified atom stereocenters. The fourth-order valence-electron chi connectivity index (χ4n) is 3.71. The van der Waals surface area contributed by atoms with Crippen LogP contribution in [0.15, 0.2) is 61.2 Å². The third-order valence-corrected chi connectivity index (χ3v) is 6.47. The number of rotatable bonds is 6. The third kappa shape index (κ3) is 4.50. The van der Waals surface area contributed by atoms with Crippen molar-refractivity contribution in [2.24, 2.45) is 0 Å². The van der Waals surface area contributed by atoms with Crippen molar-refractivity contribution < 1.29 is 4.39 Å². The monoisotopic (exact) mass is 538 g/mol. The Morgan fingerprint density at radius 1 is 1.08 bits per heavy atom. The van der Waals surface area contributed by atoms with Crippen molar-refractivity contribution in [3.05, 3.63) is 98.9 Å². The molecule has 0 saturated heterocycles. The number of nitrogens with zero attached hydrogens (tertiary/aromatic N) is 5. The van der Waals surface area contributed by atoms with Gasteiger partial charge in [-0.15, -0.1) is 5.10 Å². The molecule has 5 aromatic rings. The molecule has 8 nitrogen and oxygen atoms in total. The van der Waals surface area contributed by atoms with E-state index in [0.717, 1.165) is 5.56 Å². The Kier molecular flexibility index (Phi) is 6.57. The zero-order chi connectivity index (χ0) is 25.2. The van der Waals surface area contributed by atoms with E-state index in [4.69, 9.17) is 34.8 Å². The number of anilines is 3. The van der Waals surface area contributed by atoms with E-state index in [2.05, 4.69) is 42.1 Å². The lowest BCUT2D eigenvalue weighted by molar-refractivity contribution is 0.632. The molecule has 0 aliphatic heterocycles. The average Bonchev–Trinajstić information content (AvgIpc) is 3.43. The summed E-state index contributed by atoms with van der Waals surface area (Å²) in [5.74, 6) is -0.749. The first-order valence-electron chi connectivity index (χ1n) is 10.4. The zero-order valence-corrected chi connectivity index (χ0v) is 20.4. The number of H-pyrrole nitrogens is 1. The predicted octanol–water partition coefficient (Wildman–Crippen LogP) is 6.66. The topological polar surface area (TPSA) is 115 Å². The van der Waals surface area contributed by atoms with Gasteiger partial charge in [-0.25, -0.2) is 4.39 Å². The highest BCUT2D eigenvalue weighted by Crippen LogP contribution is 2.38. The second-order valence-corrected chi connectivity index (χ2v) is 8.82. The van der Waals surface area contributed by atoms with Crippen LogP contribution in [0, 0.1) is 17.1 Å². The maximum Gasteiger partial charge on any atom is 0.166 e. The Labute approximate surface area is 219 Å². The van der Waals surface area contributed by atoms with Crippen LogP contribution in [0.25, 0.3) is 10.9 Å². The van der Waals surface area contributed by atoms with E-state index in [-0.39, 0.29) is 21.3 Å². The molecule has 0 aliphatic carbocycles. The van der Waals surface area contributed by atoms with Gasteiger partial charge in [-0.2, -0.15) is 5.26 Å². The Morgan fingerprint density at radius 3 is 2.67 bits per heavy atom. The Balaban J connectivity index is 1.63. The number of fused-ring (bicyclic) bond motifs is 1. The number of aromatic amines is 1. The lowest BCUT2D eigenvalue weighted by Crippen LogP contribution is -2.13. The van der Waals surface area contributed by atoms with Gasteiger partial charge in [0, 0.05) is 35.9 Å². The first-order chi connectivity index (χ1) is 17.5. The van der Waals surface area contributed by atoms with Crippen molar-refractivity contribution in [3.63, 3.8) is 0 Å². The summed E-state index contributed by atoms with van der Waals surface area (Å²) >= 11 is 18.5. The number of hydrogen-bond donors (Lipinski definition) is 3. The van der Waals surface area contributed by atoms with Crippen LogP contribution < -0.4 is 10.6 Å². The minimum absolute atomic E-state index is 0.0405. The smallest absolute Gasteiger partial charge is 0.166 e. The summed E-state index contributed by atoms with van der Waals surface area (Å²) in [6.07, 6.45) is 6.42. The summed E-state index contributed by atoms with van der Waals surface area (Å²) in [5, 5.41) is 27.4. The number of aromatic nitrogens is 5. The van der Waals surface area contributed by atoms with Gasteiger partial charge in [-0.1, -0.05) is 46.1 Å². The number of pyridine rings is 2. The third-order valence-electron chi connectivity index (χ3n) is 5.40. The molecule has 5 rings (SSSR count). The summed E-state index contributed by atoms with van der Waals surface area (Å²) < 4.78 is 14.8. The lowest BCUT2D eigenvalue weighted by atomic mass is 10.0. The molecule has 36 heavy (non-hydrogen) atoms. The van der Waals surface area contributed by atoms with Gasteiger partial charge >= 0.3 is 0 Å². The van der Waals surface area contributed by atoms with E-state index in [1.54, 1.807) is 30.7 Å². The van der Waals surface area contributed by atoms with Gasteiger partial charge in [0.05, 0.1) is 43.6 Å². The fraction of sp³-hybridized carbons (Fsp3) is 0.0417. The molecule has 0 aliphatic rings. The summed E-state index contributed by atoms with van der Waals surface area (Å²) in [4.78, 5) is 8.53. The number of nitrogens with one attached hydrogen (secondary N) is 3. The molecule has 12 heteroatoms. The van der Waals surface area contributed by atoms with Crippen LogP contribution in [-0.4, -0.2) is 25.4 Å². The molecule has 3 aromatic heterocycles. The molecule has 0 spiro atoms. The fourth-order valence-corrected chi connectivity index (χ4v) is 4.29. The Morgan fingerprint density at radius 2 is 1.94 bits per heavy atom. The molecule has 0 fully saturated rings. The van der Waals surface area contributed by atoms with Crippen LogP contribution in [0.1, 0.15) is 22.9 Å². The Bertz CT molecular complexity index is 1600. The first-order valence-corrected chi connectivity index (χ1v) is 11.6. The van der Waals surface area contributed by atoms with Crippen molar-refractivity contribution >= 4 is 62.8 Å². The maximum absolute atomic E-state index is 14.8. The molecule has 178 valence electrons. The second kappa shape index (κ2) is 9.95. The Hall–Kier alpha value is -3.97. The summed E-state index contributed by atoms with van der Waals surface area (Å²) in [6.45, 7) is 0. The van der Waals surface area contributed by atoms with Gasteiger partial charge in [0.15, 0.2) is 5.82 Å². The van der Waals surface area contributed by atoms with E-state index >= 15 is 0 Å². The van der Waals surface area contributed by atoms with Crippen molar-refractivity contribution in [2.45, 2.75) is 6.04 Å². The van der Waals surface area contributed by atoms with E-state index in [9.17, 15) is 9.65 Å². The van der Waals surface area contributed by atoms with Gasteiger partial charge in [0.25, 0.3) is 0 Å². The van der Waals surface area contributed by atoms with E-state index < -0.39 is 11.9 Å². The quantitative estimate of drug-likeness (QED) is 0.207. The number of benzene rings is 2. The number of nitriles is 1. The molecule has 2 aromatic carbocycles. The van der Waals surface area contributed by atoms with Crippen LogP contribution >= 0.6 is 34.8 Å². The highest BCUT2D eigenvalue weighted by atomic mass is 35.5. The molecule has 3 heterocycles. The van der Waals surface area contributed by atoms with Crippen molar-refractivity contribution in [3.8, 4) is 6.07 Å². The molecule has 0 bridgehead atoms. The van der Waals surface area contributed by atoms with Crippen molar-refractivity contribution in [1.29, 1.82) is 5.26 Å². The molecule has 0 amide bonds. The minimum Gasteiger partial charge on any atom is -0.373 e. The standard InChI is InChI=1S/C24H14Cl3FN8/c25-16-3-4-18(21(28)20(16)27)34-22-13(8-29)10-31-24-15(22)6-14(7-17(24)26)33-23(19-11-32-36-35-19)12-2-1-5-30-9-12/h1-7,9-11,23,33H,(H,31,34)(H,32,35,36)/t23-/m0/s1. The summed E-state index contributed by atoms with van der Waals surface area (Å²) in [5.41, 5.74) is 3.01. The molecule has 1 atom stereocenters. The van der Waals surface area contributed by atoms with E-state index in [0.29, 0.717) is 33.0 Å². The van der Waals surface area contributed by atoms with Crippen LogP contribution in [0.3, 0.4) is 0 Å². The summed E-state index contributed by atoms with van der Waals surface area (Å²) in [7, 11) is 0. The lowest BCUT2D eigenvalue weighted by Gasteiger charge is -2.19. The van der Waals surface area contributed by atoms with Gasteiger partial charge in [0.2, 0.25) is 0 Å². The highest BCUT2D eigenvalue weighted by Gasteiger charge is 2.20. The molecular weight excluding hydrogens is 526 g/mol. The number of halogens is 4. The van der Waals surface area contributed by atoms with Crippen molar-refractivity contribution in [2.75, 3.05) is 10.6 Å². The highest BCUT2D eigenvalue weighted by molar-refractivity contribution is 6.42. The van der Waals surface area contributed by atoms with E-state index in [1.165, 1.54) is 18.3 Å². The van der Waals surface area contributed by atoms with Crippen LogP contribution in [0.2, 0.25) is 15.1 Å². The molecule has 0 saturated carbocycles. The van der Waals surface area contributed by atoms with Gasteiger partial charge < -0.3 is 10.6 Å². The largest absolute Gasteiger partial charge is 0.373 e. The molecular formula is C24H14Cl3FN8. The average molecular weight is 540 g/mol. The normalized spacial score (nSPS) is 11.8. The maximum atomic E-state index is 14.8. The van der Waals surface area contributed by atoms with Crippen molar-refractivity contribution in [1.82, 2.24) is 25.4 Å².